The van der Waals surface area contributed by atoms with Gasteiger partial charge in [-0.05, 0) is 24.3 Å². The summed E-state index contributed by atoms with van der Waals surface area (Å²) in [5.41, 5.74) is 7.36. The van der Waals surface area contributed by atoms with Crippen LogP contribution in [0.2, 0.25) is 0 Å². The van der Waals surface area contributed by atoms with Crippen LogP contribution in [0, 0.1) is 0 Å². The lowest BCUT2D eigenvalue weighted by Crippen LogP contribution is -2.32. The molecule has 132 valence electrons. The summed E-state index contributed by atoms with van der Waals surface area (Å²) in [6.07, 6.45) is 8.90. The van der Waals surface area contributed by atoms with Gasteiger partial charge >= 0.3 is 0 Å². The molecule has 2 aromatic rings. The molecule has 0 unspecified atom stereocenters. The molecule has 0 radical (unpaired) electrons. The van der Waals surface area contributed by atoms with Crippen LogP contribution in [-0.4, -0.2) is 16.7 Å². The second kappa shape index (κ2) is 8.63. The van der Waals surface area contributed by atoms with Crippen molar-refractivity contribution in [2.45, 2.75) is 6.42 Å². The normalized spacial score (nSPS) is 16.5. The number of para-hydroxylation sites is 1. The molecule has 0 saturated carbocycles. The summed E-state index contributed by atoms with van der Waals surface area (Å²) in [6.45, 7) is 3.82. The lowest BCUT2D eigenvalue weighted by atomic mass is 10.3. The molecule has 0 saturated heterocycles. The van der Waals surface area contributed by atoms with Gasteiger partial charge in [0.15, 0.2) is 0 Å². The largest absolute Gasteiger partial charge is 0.362 e. The lowest BCUT2D eigenvalue weighted by Gasteiger charge is -2.03. The van der Waals surface area contributed by atoms with E-state index in [1.165, 1.54) is 11.3 Å². The Hall–Kier alpha value is -3.39. The van der Waals surface area contributed by atoms with Gasteiger partial charge in [0.05, 0.1) is 6.42 Å². The summed E-state index contributed by atoms with van der Waals surface area (Å²) < 4.78 is 0. The topological polar surface area (TPSA) is 90.4 Å². The number of thiazole rings is 1. The Bertz CT molecular complexity index is 869. The average Bonchev–Trinajstić information content (AvgIpc) is 3.08. The van der Waals surface area contributed by atoms with E-state index in [9.17, 15) is 4.79 Å². The number of aliphatic imine (C=N–C) groups is 1. The maximum atomic E-state index is 12.1. The van der Waals surface area contributed by atoms with Crippen molar-refractivity contribution in [3.8, 4) is 0 Å². The third-order valence-corrected chi connectivity index (χ3v) is 4.12. The minimum absolute atomic E-state index is 0.0889. The Morgan fingerprint density at radius 3 is 2.92 bits per heavy atom. The summed E-state index contributed by atoms with van der Waals surface area (Å²) in [4.78, 5) is 21.6. The van der Waals surface area contributed by atoms with E-state index in [-0.39, 0.29) is 12.3 Å². The molecule has 0 aliphatic carbocycles. The van der Waals surface area contributed by atoms with Crippen molar-refractivity contribution < 1.29 is 4.79 Å². The molecule has 1 aromatic heterocycles. The third-order valence-electron chi connectivity index (χ3n) is 3.23. The molecule has 1 aliphatic rings. The number of benzene rings is 1. The maximum absolute atomic E-state index is 12.1. The van der Waals surface area contributed by atoms with Gasteiger partial charge in [-0.3, -0.25) is 10.2 Å². The van der Waals surface area contributed by atoms with Crippen LogP contribution in [0.1, 0.15) is 4.88 Å². The first-order chi connectivity index (χ1) is 12.7. The van der Waals surface area contributed by atoms with E-state index in [2.05, 4.69) is 38.0 Å². The Balaban J connectivity index is 1.62. The van der Waals surface area contributed by atoms with Gasteiger partial charge in [0.2, 0.25) is 11.0 Å². The van der Waals surface area contributed by atoms with Crippen molar-refractivity contribution >= 4 is 33.9 Å². The highest BCUT2D eigenvalue weighted by molar-refractivity contribution is 7.15. The molecule has 1 amide bonds. The predicted octanol–water partition coefficient (Wildman–Crippen LogP) is 2.59. The zero-order valence-electron chi connectivity index (χ0n) is 13.9. The van der Waals surface area contributed by atoms with Crippen LogP contribution in [0.15, 0.2) is 78.3 Å². The SMILES string of the molecule is C=C1/C=C\NNC(=Nc2ncc(CC(=O)Nc3ccccc3)s2)C=CN1. The number of hydrogen-bond donors (Lipinski definition) is 4. The van der Waals surface area contributed by atoms with Crippen molar-refractivity contribution in [2.75, 3.05) is 5.32 Å². The number of amidine groups is 1. The van der Waals surface area contributed by atoms with Gasteiger partial charge in [-0.15, -0.1) is 0 Å². The molecule has 0 atom stereocenters. The van der Waals surface area contributed by atoms with Crippen LogP contribution in [0.3, 0.4) is 0 Å². The van der Waals surface area contributed by atoms with E-state index >= 15 is 0 Å². The Kier molecular flexibility index (Phi) is 5.79. The quantitative estimate of drug-likeness (QED) is 0.668. The fourth-order valence-electron chi connectivity index (χ4n) is 2.06. The smallest absolute Gasteiger partial charge is 0.229 e. The fourth-order valence-corrected chi connectivity index (χ4v) is 2.85. The van der Waals surface area contributed by atoms with Crippen LogP contribution >= 0.6 is 11.3 Å². The Morgan fingerprint density at radius 1 is 1.23 bits per heavy atom. The molecule has 7 nitrogen and oxygen atoms in total. The van der Waals surface area contributed by atoms with E-state index in [0.29, 0.717) is 11.0 Å². The highest BCUT2D eigenvalue weighted by Crippen LogP contribution is 2.22. The van der Waals surface area contributed by atoms with Crippen molar-refractivity contribution in [3.05, 3.63) is 78.2 Å². The number of nitrogens with zero attached hydrogens (tertiary/aromatic N) is 2. The van der Waals surface area contributed by atoms with Crippen LogP contribution < -0.4 is 21.5 Å². The molecule has 1 aliphatic heterocycles. The summed E-state index contributed by atoms with van der Waals surface area (Å²) in [6, 6.07) is 9.35. The summed E-state index contributed by atoms with van der Waals surface area (Å²) in [5.74, 6) is 0.487. The number of allylic oxidation sites excluding steroid dienone is 1. The Labute approximate surface area is 155 Å². The number of hydrazine groups is 1. The second-order valence-electron chi connectivity index (χ2n) is 5.30. The number of aromatic nitrogens is 1. The van der Waals surface area contributed by atoms with Crippen molar-refractivity contribution in [2.24, 2.45) is 4.99 Å². The molecule has 0 fully saturated rings. The number of carbonyl (C=O) groups is 1. The third kappa shape index (κ3) is 5.32. The molecule has 2 heterocycles. The highest BCUT2D eigenvalue weighted by Gasteiger charge is 2.08. The number of anilines is 1. The number of hydrogen-bond acceptors (Lipinski definition) is 6. The van der Waals surface area contributed by atoms with Gasteiger partial charge in [-0.1, -0.05) is 36.1 Å². The zero-order chi connectivity index (χ0) is 18.2. The van der Waals surface area contributed by atoms with E-state index in [0.717, 1.165) is 16.3 Å². The van der Waals surface area contributed by atoms with Gasteiger partial charge in [-0.25, -0.2) is 9.98 Å². The summed E-state index contributed by atoms with van der Waals surface area (Å²) in [5, 5.41) is 6.41. The van der Waals surface area contributed by atoms with Crippen LogP contribution in [0.4, 0.5) is 10.8 Å². The number of nitrogens with one attached hydrogen (secondary N) is 4. The van der Waals surface area contributed by atoms with Crippen molar-refractivity contribution in [1.82, 2.24) is 21.2 Å². The lowest BCUT2D eigenvalue weighted by molar-refractivity contribution is -0.115. The number of rotatable bonds is 4. The van der Waals surface area contributed by atoms with E-state index in [4.69, 9.17) is 0 Å². The first kappa shape index (κ1) is 17.4. The molecule has 26 heavy (non-hydrogen) atoms. The van der Waals surface area contributed by atoms with Crippen LogP contribution in [0.5, 0.6) is 0 Å². The predicted molar refractivity (Wildman–Crippen MR) is 105 cm³/mol. The molecule has 0 bridgehead atoms. The summed E-state index contributed by atoms with van der Waals surface area (Å²) >= 11 is 1.37. The molecule has 4 N–H and O–H groups in total. The minimum Gasteiger partial charge on any atom is -0.362 e. The summed E-state index contributed by atoms with van der Waals surface area (Å²) in [7, 11) is 0. The number of amides is 1. The second-order valence-corrected chi connectivity index (χ2v) is 6.40. The number of carbonyl (C=O) groups excluding carboxylic acids is 1. The first-order valence-electron chi connectivity index (χ1n) is 7.87. The van der Waals surface area contributed by atoms with Gasteiger partial charge in [0.25, 0.3) is 0 Å². The fraction of sp³-hybridized carbons (Fsp3) is 0.0556. The van der Waals surface area contributed by atoms with Crippen molar-refractivity contribution in [1.29, 1.82) is 0 Å². The van der Waals surface area contributed by atoms with Crippen LogP contribution in [0.25, 0.3) is 0 Å². The van der Waals surface area contributed by atoms with E-state index in [1.807, 2.05) is 30.3 Å². The van der Waals surface area contributed by atoms with Gasteiger partial charge in [0, 0.05) is 34.9 Å². The molecular weight excluding hydrogens is 348 g/mol. The average molecular weight is 366 g/mol. The zero-order valence-corrected chi connectivity index (χ0v) is 14.7. The molecule has 1 aromatic carbocycles. The standard InChI is InChI=1S/C18H18N6OS/c1-13-7-10-21-24-16(8-9-19-13)23-18-20-12-15(26-18)11-17(25)22-14-5-3-2-4-6-14/h2-10,12,19,21H,1,11H2,(H,22,25)(H,20,23,24)/b9-8?,10-7-. The Morgan fingerprint density at radius 2 is 2.08 bits per heavy atom. The highest BCUT2D eigenvalue weighted by atomic mass is 32.1. The van der Waals surface area contributed by atoms with Gasteiger partial charge in [-0.2, -0.15) is 0 Å². The minimum atomic E-state index is -0.0889. The first-order valence-corrected chi connectivity index (χ1v) is 8.69. The monoisotopic (exact) mass is 366 g/mol. The van der Waals surface area contributed by atoms with E-state index < -0.39 is 0 Å². The maximum Gasteiger partial charge on any atom is 0.229 e. The van der Waals surface area contributed by atoms with Crippen LogP contribution in [-0.2, 0) is 11.2 Å². The molecular formula is C18H18N6OS. The molecule has 8 heteroatoms. The van der Waals surface area contributed by atoms with Crippen molar-refractivity contribution in [3.63, 3.8) is 0 Å². The molecule has 3 rings (SSSR count). The molecule has 0 spiro atoms. The van der Waals surface area contributed by atoms with E-state index in [1.54, 1.807) is 30.7 Å². The van der Waals surface area contributed by atoms with Gasteiger partial charge < -0.3 is 16.1 Å². The van der Waals surface area contributed by atoms with Gasteiger partial charge in [0.1, 0.15) is 5.84 Å².